The van der Waals surface area contributed by atoms with E-state index >= 15 is 0 Å². The summed E-state index contributed by atoms with van der Waals surface area (Å²) in [5, 5.41) is 2.87. The van der Waals surface area contributed by atoms with Crippen LogP contribution in [0.25, 0.3) is 0 Å². The van der Waals surface area contributed by atoms with Crippen molar-refractivity contribution in [2.75, 3.05) is 6.54 Å². The number of carbonyl (C=O) groups is 1. The summed E-state index contributed by atoms with van der Waals surface area (Å²) in [6, 6.07) is 3.11. The molecule has 0 aromatic carbocycles. The Balaban J connectivity index is 2.57. The summed E-state index contributed by atoms with van der Waals surface area (Å²) in [7, 11) is 0. The van der Waals surface area contributed by atoms with E-state index in [0.717, 1.165) is 0 Å². The largest absolute Gasteiger partial charge is 0.349 e. The molecule has 0 aliphatic carbocycles. The Bertz CT molecular complexity index is 313. The fourth-order valence-electron chi connectivity index (χ4n) is 0.782. The normalized spacial score (nSPS) is 10.3. The van der Waals surface area contributed by atoms with Gasteiger partial charge in [-0.05, 0) is 12.1 Å². The predicted molar refractivity (Wildman–Crippen MR) is 57.1 cm³/mol. The molecule has 0 radical (unpaired) electrons. The molecule has 0 aliphatic rings. The Morgan fingerprint density at radius 2 is 2.21 bits per heavy atom. The molecule has 3 nitrogen and oxygen atoms in total. The molecule has 1 aromatic rings. The van der Waals surface area contributed by atoms with Crippen molar-refractivity contribution < 1.29 is 4.79 Å². The van der Waals surface area contributed by atoms with Gasteiger partial charge in [0.2, 0.25) is 0 Å². The quantitative estimate of drug-likeness (QED) is 0.663. The summed E-state index contributed by atoms with van der Waals surface area (Å²) in [6.45, 7) is 0.199. The Morgan fingerprint density at radius 3 is 2.71 bits per heavy atom. The highest BCUT2D eigenvalue weighted by Gasteiger charge is 2.06. The molecule has 1 rings (SSSR count). The molecule has 0 atom stereocenters. The van der Waals surface area contributed by atoms with Crippen LogP contribution in [0, 0.1) is 0 Å². The molecule has 0 unspecified atom stereocenters. The molecule has 1 N–H and O–H groups in total. The van der Waals surface area contributed by atoms with Crippen molar-refractivity contribution in [1.29, 1.82) is 0 Å². The van der Waals surface area contributed by atoms with Crippen LogP contribution in [0.2, 0.25) is 5.15 Å². The number of nitrogens with one attached hydrogen (secondary N) is 1. The van der Waals surface area contributed by atoms with Crippen molar-refractivity contribution in [1.82, 2.24) is 10.3 Å². The molecule has 0 saturated heterocycles. The van der Waals surface area contributed by atoms with E-state index in [1.807, 2.05) is 0 Å². The lowest BCUT2D eigenvalue weighted by Crippen LogP contribution is -2.27. The lowest BCUT2D eigenvalue weighted by atomic mass is 10.3. The summed E-state index contributed by atoms with van der Waals surface area (Å²) in [5.74, 6) is -0.277. The van der Waals surface area contributed by atoms with E-state index in [4.69, 9.17) is 34.8 Å². The zero-order valence-electron chi connectivity index (χ0n) is 7.01. The predicted octanol–water partition coefficient (Wildman–Crippen LogP) is 2.27. The van der Waals surface area contributed by atoms with Gasteiger partial charge in [0.15, 0.2) is 0 Å². The maximum absolute atomic E-state index is 11.3. The number of pyridine rings is 1. The van der Waals surface area contributed by atoms with Crippen molar-refractivity contribution in [3.63, 3.8) is 0 Å². The van der Waals surface area contributed by atoms with Gasteiger partial charge in [-0.15, -0.1) is 23.2 Å². The lowest BCUT2D eigenvalue weighted by molar-refractivity contribution is 0.0955. The molecule has 14 heavy (non-hydrogen) atoms. The van der Waals surface area contributed by atoms with Gasteiger partial charge < -0.3 is 5.32 Å². The van der Waals surface area contributed by atoms with Crippen molar-refractivity contribution >= 4 is 40.7 Å². The molecule has 6 heteroatoms. The minimum Gasteiger partial charge on any atom is -0.349 e. The number of carbonyl (C=O) groups excluding carboxylic acids is 1. The van der Waals surface area contributed by atoms with E-state index in [9.17, 15) is 4.79 Å². The van der Waals surface area contributed by atoms with Crippen LogP contribution < -0.4 is 5.32 Å². The second-order valence-corrected chi connectivity index (χ2v) is 4.13. The molecule has 0 fully saturated rings. The van der Waals surface area contributed by atoms with Crippen molar-refractivity contribution in [2.45, 2.75) is 4.84 Å². The number of hydrogen-bond acceptors (Lipinski definition) is 2. The topological polar surface area (TPSA) is 42.0 Å². The van der Waals surface area contributed by atoms with Gasteiger partial charge in [-0.1, -0.05) is 11.6 Å². The Kier molecular flexibility index (Phi) is 4.45. The van der Waals surface area contributed by atoms with Gasteiger partial charge in [-0.2, -0.15) is 0 Å². The SMILES string of the molecule is O=C(NCC(Cl)Cl)c1ccc(Cl)nc1. The van der Waals surface area contributed by atoms with Crippen LogP contribution in [0.3, 0.4) is 0 Å². The number of rotatable bonds is 3. The second-order valence-electron chi connectivity index (χ2n) is 2.47. The van der Waals surface area contributed by atoms with Crippen molar-refractivity contribution in [3.8, 4) is 0 Å². The third-order valence-electron chi connectivity index (χ3n) is 1.41. The van der Waals surface area contributed by atoms with Gasteiger partial charge in [0.25, 0.3) is 5.91 Å². The standard InChI is InChI=1S/C8H7Cl3N2O/c9-6(10)4-13-8(14)5-1-2-7(11)12-3-5/h1-3,6H,4H2,(H,13,14). The molecule has 1 aromatic heterocycles. The van der Waals surface area contributed by atoms with Crippen LogP contribution in [0.4, 0.5) is 0 Å². The molecule has 0 spiro atoms. The average molecular weight is 254 g/mol. The fourth-order valence-corrected chi connectivity index (χ4v) is 1.05. The highest BCUT2D eigenvalue weighted by atomic mass is 35.5. The minimum absolute atomic E-state index is 0.199. The maximum Gasteiger partial charge on any atom is 0.252 e. The number of aromatic nitrogens is 1. The first-order valence-electron chi connectivity index (χ1n) is 3.77. The average Bonchev–Trinajstić information content (AvgIpc) is 2.15. The minimum atomic E-state index is -0.612. The third-order valence-corrected chi connectivity index (χ3v) is 1.94. The number of nitrogens with zero attached hydrogens (tertiary/aromatic N) is 1. The van der Waals surface area contributed by atoms with Crippen molar-refractivity contribution in [2.24, 2.45) is 0 Å². The van der Waals surface area contributed by atoms with Crippen LogP contribution in [-0.2, 0) is 0 Å². The van der Waals surface area contributed by atoms with Crippen molar-refractivity contribution in [3.05, 3.63) is 29.0 Å². The Morgan fingerprint density at radius 1 is 1.50 bits per heavy atom. The number of halogens is 3. The smallest absolute Gasteiger partial charge is 0.252 e. The van der Waals surface area contributed by atoms with Gasteiger partial charge in [-0.3, -0.25) is 4.79 Å². The van der Waals surface area contributed by atoms with E-state index in [-0.39, 0.29) is 12.5 Å². The van der Waals surface area contributed by atoms with Crippen LogP contribution in [0.5, 0.6) is 0 Å². The van der Waals surface area contributed by atoms with Gasteiger partial charge in [-0.25, -0.2) is 4.98 Å². The highest BCUT2D eigenvalue weighted by Crippen LogP contribution is 2.05. The van der Waals surface area contributed by atoms with E-state index < -0.39 is 4.84 Å². The Labute approximate surface area is 96.4 Å². The zero-order valence-corrected chi connectivity index (χ0v) is 9.27. The Hall–Kier alpha value is -0.510. The highest BCUT2D eigenvalue weighted by molar-refractivity contribution is 6.44. The number of alkyl halides is 2. The van der Waals surface area contributed by atoms with Crippen LogP contribution >= 0.6 is 34.8 Å². The molecule has 0 bridgehead atoms. The van der Waals surface area contributed by atoms with E-state index in [1.54, 1.807) is 6.07 Å². The van der Waals surface area contributed by atoms with Crippen LogP contribution in [0.1, 0.15) is 10.4 Å². The molecule has 1 heterocycles. The molecular weight excluding hydrogens is 246 g/mol. The summed E-state index contributed by atoms with van der Waals surface area (Å²) in [5.41, 5.74) is 0.420. The van der Waals surface area contributed by atoms with Gasteiger partial charge in [0, 0.05) is 12.7 Å². The van der Waals surface area contributed by atoms with E-state index in [1.165, 1.54) is 12.3 Å². The van der Waals surface area contributed by atoms with Crippen LogP contribution in [0.15, 0.2) is 18.3 Å². The third kappa shape index (κ3) is 3.70. The molecule has 0 aliphatic heterocycles. The summed E-state index contributed by atoms with van der Waals surface area (Å²) < 4.78 is 0. The van der Waals surface area contributed by atoms with Crippen LogP contribution in [-0.4, -0.2) is 22.3 Å². The van der Waals surface area contributed by atoms with Gasteiger partial charge in [0.05, 0.1) is 5.56 Å². The van der Waals surface area contributed by atoms with Gasteiger partial charge >= 0.3 is 0 Å². The lowest BCUT2D eigenvalue weighted by Gasteiger charge is -2.04. The first kappa shape index (κ1) is 11.6. The molecule has 0 saturated carbocycles. The van der Waals surface area contributed by atoms with Gasteiger partial charge in [0.1, 0.15) is 9.99 Å². The second kappa shape index (κ2) is 5.39. The van der Waals surface area contributed by atoms with E-state index in [2.05, 4.69) is 10.3 Å². The molecule has 76 valence electrons. The molecular formula is C8H7Cl3N2O. The summed E-state index contributed by atoms with van der Waals surface area (Å²) >= 11 is 16.5. The zero-order chi connectivity index (χ0) is 10.6. The number of hydrogen-bond donors (Lipinski definition) is 1. The van der Waals surface area contributed by atoms with E-state index in [0.29, 0.717) is 10.7 Å². The fraction of sp³-hybridized carbons (Fsp3) is 0.250. The molecule has 1 amide bonds. The maximum atomic E-state index is 11.3. The number of amides is 1. The first-order chi connectivity index (χ1) is 6.59. The summed E-state index contributed by atoms with van der Waals surface area (Å²) in [4.78, 5) is 14.5. The first-order valence-corrected chi connectivity index (χ1v) is 5.02. The monoisotopic (exact) mass is 252 g/mol. The summed E-state index contributed by atoms with van der Waals surface area (Å²) in [6.07, 6.45) is 1.38.